The normalized spacial score (nSPS) is 15.2. The molecular formula is C15H25NO2S. The molecule has 0 aliphatic heterocycles. The summed E-state index contributed by atoms with van der Waals surface area (Å²) in [5, 5.41) is 2.88. The fourth-order valence-corrected chi connectivity index (χ4v) is 3.78. The molecule has 0 radical (unpaired) electrons. The van der Waals surface area contributed by atoms with Crippen molar-refractivity contribution in [3.05, 3.63) is 29.3 Å². The smallest absolute Gasteiger partial charge is 0.181 e. The fourth-order valence-electron chi connectivity index (χ4n) is 2.18. The van der Waals surface area contributed by atoms with Gasteiger partial charge in [0.05, 0.1) is 10.1 Å². The van der Waals surface area contributed by atoms with E-state index in [1.165, 1.54) is 0 Å². The van der Waals surface area contributed by atoms with Crippen molar-refractivity contribution in [2.75, 3.05) is 6.54 Å². The number of sulfone groups is 1. The first-order valence-corrected chi connectivity index (χ1v) is 8.38. The van der Waals surface area contributed by atoms with E-state index in [0.717, 1.165) is 17.7 Å². The average Bonchev–Trinajstić information content (AvgIpc) is 2.32. The zero-order chi connectivity index (χ0) is 14.6. The molecule has 0 aliphatic rings. The largest absolute Gasteiger partial charge is 0.314 e. The second-order valence-electron chi connectivity index (χ2n) is 5.30. The van der Waals surface area contributed by atoms with Crippen molar-refractivity contribution in [1.82, 2.24) is 5.32 Å². The first-order valence-electron chi connectivity index (χ1n) is 6.83. The topological polar surface area (TPSA) is 46.2 Å². The minimum absolute atomic E-state index is 0.210. The number of hydrogen-bond acceptors (Lipinski definition) is 3. The number of rotatable bonds is 6. The van der Waals surface area contributed by atoms with Crippen LogP contribution in [0.3, 0.4) is 0 Å². The summed E-state index contributed by atoms with van der Waals surface area (Å²) in [6, 6.07) is 5.58. The van der Waals surface area contributed by atoms with Crippen molar-refractivity contribution in [1.29, 1.82) is 0 Å². The lowest BCUT2D eigenvalue weighted by molar-refractivity contribution is 0.509. The highest BCUT2D eigenvalue weighted by atomic mass is 32.2. The van der Waals surface area contributed by atoms with Gasteiger partial charge in [0, 0.05) is 6.04 Å². The third-order valence-corrected chi connectivity index (χ3v) is 5.74. The van der Waals surface area contributed by atoms with Crippen LogP contribution in [0.5, 0.6) is 0 Å². The Bertz CT molecular complexity index is 523. The van der Waals surface area contributed by atoms with Crippen LogP contribution in [0.25, 0.3) is 0 Å². The van der Waals surface area contributed by atoms with Crippen LogP contribution in [0.2, 0.25) is 0 Å². The van der Waals surface area contributed by atoms with Crippen LogP contribution in [0.1, 0.15) is 38.3 Å². The van der Waals surface area contributed by atoms with Gasteiger partial charge in [-0.1, -0.05) is 13.0 Å². The molecular weight excluding hydrogens is 258 g/mol. The highest BCUT2D eigenvalue weighted by Crippen LogP contribution is 2.21. The maximum Gasteiger partial charge on any atom is 0.181 e. The molecule has 0 aliphatic carbocycles. The maximum atomic E-state index is 12.5. The lowest BCUT2D eigenvalue weighted by Crippen LogP contribution is -2.32. The fraction of sp³-hybridized carbons (Fsp3) is 0.600. The average molecular weight is 283 g/mol. The van der Waals surface area contributed by atoms with Crippen molar-refractivity contribution < 1.29 is 8.42 Å². The van der Waals surface area contributed by atoms with Gasteiger partial charge in [-0.3, -0.25) is 0 Å². The summed E-state index contributed by atoms with van der Waals surface area (Å²) in [5.41, 5.74) is 2.14. The Morgan fingerprint density at radius 3 is 2.32 bits per heavy atom. The molecule has 1 N–H and O–H groups in total. The van der Waals surface area contributed by atoms with Crippen LogP contribution >= 0.6 is 0 Å². The van der Waals surface area contributed by atoms with Crippen LogP contribution in [0.4, 0.5) is 0 Å². The highest BCUT2D eigenvalue weighted by molar-refractivity contribution is 7.92. The molecule has 1 rings (SSSR count). The van der Waals surface area contributed by atoms with E-state index < -0.39 is 9.84 Å². The zero-order valence-electron chi connectivity index (χ0n) is 12.5. The number of hydrogen-bond donors (Lipinski definition) is 1. The molecule has 1 aromatic rings. The van der Waals surface area contributed by atoms with Gasteiger partial charge in [0.1, 0.15) is 0 Å². The lowest BCUT2D eigenvalue weighted by Gasteiger charge is -2.19. The van der Waals surface area contributed by atoms with Gasteiger partial charge < -0.3 is 5.32 Å². The maximum absolute atomic E-state index is 12.5. The van der Waals surface area contributed by atoms with Crippen LogP contribution in [0, 0.1) is 13.8 Å². The van der Waals surface area contributed by atoms with Gasteiger partial charge in [0.15, 0.2) is 9.84 Å². The van der Waals surface area contributed by atoms with E-state index in [9.17, 15) is 8.42 Å². The Labute approximate surface area is 117 Å². The molecule has 0 saturated carbocycles. The summed E-state index contributed by atoms with van der Waals surface area (Å²) in [6.45, 7) is 10.6. The minimum atomic E-state index is -3.23. The molecule has 0 aromatic heterocycles. The summed E-state index contributed by atoms with van der Waals surface area (Å²) in [7, 11) is -3.23. The summed E-state index contributed by atoms with van der Waals surface area (Å²) in [4.78, 5) is 0.437. The number of nitrogens with one attached hydrogen (secondary N) is 1. The Kier molecular flexibility index (Phi) is 5.56. The van der Waals surface area contributed by atoms with E-state index in [0.29, 0.717) is 11.3 Å². The van der Waals surface area contributed by atoms with Crippen molar-refractivity contribution in [2.24, 2.45) is 0 Å². The van der Waals surface area contributed by atoms with Gasteiger partial charge in [-0.2, -0.15) is 0 Å². The molecule has 108 valence electrons. The van der Waals surface area contributed by atoms with E-state index in [4.69, 9.17) is 0 Å². The second kappa shape index (κ2) is 6.53. The summed E-state index contributed by atoms with van der Waals surface area (Å²) in [6.07, 6.45) is 0.628. The minimum Gasteiger partial charge on any atom is -0.314 e. The summed E-state index contributed by atoms with van der Waals surface area (Å²) < 4.78 is 25.0. The van der Waals surface area contributed by atoms with Crippen molar-refractivity contribution in [2.45, 2.75) is 57.2 Å². The first kappa shape index (κ1) is 16.2. The molecule has 0 bridgehead atoms. The molecule has 2 unspecified atom stereocenters. The Morgan fingerprint density at radius 1 is 1.16 bits per heavy atom. The van der Waals surface area contributed by atoms with Crippen LogP contribution in [-0.4, -0.2) is 26.3 Å². The predicted molar refractivity (Wildman–Crippen MR) is 80.3 cm³/mol. The first-order chi connectivity index (χ1) is 8.78. The molecule has 0 fully saturated rings. The third-order valence-electron chi connectivity index (χ3n) is 3.57. The van der Waals surface area contributed by atoms with Crippen LogP contribution in [0.15, 0.2) is 23.1 Å². The van der Waals surface area contributed by atoms with Gasteiger partial charge in [0.2, 0.25) is 0 Å². The van der Waals surface area contributed by atoms with Gasteiger partial charge >= 0.3 is 0 Å². The quantitative estimate of drug-likeness (QED) is 0.873. The molecule has 3 nitrogen and oxygen atoms in total. The molecule has 4 heteroatoms. The van der Waals surface area contributed by atoms with Gasteiger partial charge in [-0.05, 0) is 63.9 Å². The SMILES string of the molecule is CCNC(C)CC(C)S(=O)(=O)c1ccc(C)c(C)c1. The molecule has 1 aromatic carbocycles. The van der Waals surface area contributed by atoms with Gasteiger partial charge in [0.25, 0.3) is 0 Å². The monoisotopic (exact) mass is 283 g/mol. The third kappa shape index (κ3) is 4.05. The van der Waals surface area contributed by atoms with E-state index in [-0.39, 0.29) is 11.3 Å². The Balaban J connectivity index is 2.93. The number of aryl methyl sites for hydroxylation is 2. The molecule has 0 amide bonds. The van der Waals surface area contributed by atoms with Gasteiger partial charge in [-0.15, -0.1) is 0 Å². The van der Waals surface area contributed by atoms with E-state index in [2.05, 4.69) is 5.32 Å². The molecule has 0 saturated heterocycles. The van der Waals surface area contributed by atoms with E-state index in [1.807, 2.05) is 33.8 Å². The van der Waals surface area contributed by atoms with Crippen molar-refractivity contribution >= 4 is 9.84 Å². The summed E-state index contributed by atoms with van der Waals surface area (Å²) >= 11 is 0. The standard InChI is InChI=1S/C15H25NO2S/c1-6-16-13(4)10-14(5)19(17,18)15-8-7-11(2)12(3)9-15/h7-9,13-14,16H,6,10H2,1-5H3. The zero-order valence-corrected chi connectivity index (χ0v) is 13.3. The molecule has 2 atom stereocenters. The number of benzene rings is 1. The van der Waals surface area contributed by atoms with E-state index in [1.54, 1.807) is 19.1 Å². The van der Waals surface area contributed by atoms with Crippen LogP contribution < -0.4 is 5.32 Å². The Morgan fingerprint density at radius 2 is 1.79 bits per heavy atom. The van der Waals surface area contributed by atoms with Crippen molar-refractivity contribution in [3.63, 3.8) is 0 Å². The second-order valence-corrected chi connectivity index (χ2v) is 7.66. The lowest BCUT2D eigenvalue weighted by atomic mass is 10.1. The predicted octanol–water partition coefficient (Wildman–Crippen LogP) is 2.85. The molecule has 0 heterocycles. The molecule has 0 spiro atoms. The highest BCUT2D eigenvalue weighted by Gasteiger charge is 2.25. The molecule has 19 heavy (non-hydrogen) atoms. The summed E-state index contributed by atoms with van der Waals surface area (Å²) in [5.74, 6) is 0. The van der Waals surface area contributed by atoms with Crippen molar-refractivity contribution in [3.8, 4) is 0 Å². The Hall–Kier alpha value is -0.870. The van der Waals surface area contributed by atoms with E-state index >= 15 is 0 Å². The van der Waals surface area contributed by atoms with Crippen LogP contribution in [-0.2, 0) is 9.84 Å². The van der Waals surface area contributed by atoms with Gasteiger partial charge in [-0.25, -0.2) is 8.42 Å².